The van der Waals surface area contributed by atoms with E-state index in [1.165, 1.54) is 24.3 Å². The van der Waals surface area contributed by atoms with Crippen LogP contribution in [-0.2, 0) is 0 Å². The number of hydrogen-bond acceptors (Lipinski definition) is 5. The molecule has 1 N–H and O–H groups in total. The summed E-state index contributed by atoms with van der Waals surface area (Å²) < 4.78 is 26.4. The first-order valence-corrected chi connectivity index (χ1v) is 8.49. The highest BCUT2D eigenvalue weighted by atomic mass is 32.1. The van der Waals surface area contributed by atoms with Gasteiger partial charge in [0.15, 0.2) is 5.11 Å². The van der Waals surface area contributed by atoms with Crippen LogP contribution in [0.3, 0.4) is 0 Å². The Kier molecular flexibility index (Phi) is 5.79. The third-order valence-corrected chi connectivity index (χ3v) is 4.34. The Balaban J connectivity index is 1.82. The van der Waals surface area contributed by atoms with E-state index in [-0.39, 0.29) is 0 Å². The standard InChI is InChI=1S/C17H18F2N6S/c1-24-6-8-25(9-7-24)17(26)23-22-16(14-4-2-12(18)10-20-14)15-5-3-13(19)11-21-15/h2-5,10-11H,6-9H2,1H3,(H,23,26). The van der Waals surface area contributed by atoms with E-state index in [4.69, 9.17) is 12.2 Å². The second-order valence-electron chi connectivity index (χ2n) is 5.89. The molecule has 2 aromatic heterocycles. The molecule has 0 atom stereocenters. The molecule has 0 radical (unpaired) electrons. The zero-order chi connectivity index (χ0) is 18.5. The van der Waals surface area contributed by atoms with E-state index < -0.39 is 11.6 Å². The number of aromatic nitrogens is 2. The van der Waals surface area contributed by atoms with Crippen molar-refractivity contribution < 1.29 is 8.78 Å². The van der Waals surface area contributed by atoms with Gasteiger partial charge in [0.2, 0.25) is 0 Å². The molecule has 9 heteroatoms. The Morgan fingerprint density at radius 3 is 2.00 bits per heavy atom. The van der Waals surface area contributed by atoms with E-state index >= 15 is 0 Å². The van der Waals surface area contributed by atoms with Crippen molar-refractivity contribution in [2.45, 2.75) is 0 Å². The molecule has 0 aliphatic carbocycles. The Morgan fingerprint density at radius 2 is 1.54 bits per heavy atom. The Bertz CT molecular complexity index is 738. The van der Waals surface area contributed by atoms with Crippen molar-refractivity contribution in [1.82, 2.24) is 25.2 Å². The lowest BCUT2D eigenvalue weighted by atomic mass is 10.1. The van der Waals surface area contributed by atoms with Crippen molar-refractivity contribution in [3.05, 3.63) is 59.7 Å². The molecule has 6 nitrogen and oxygen atoms in total. The molecule has 0 amide bonds. The maximum absolute atomic E-state index is 13.2. The average Bonchev–Trinajstić information content (AvgIpc) is 2.65. The quantitative estimate of drug-likeness (QED) is 0.499. The average molecular weight is 376 g/mol. The Morgan fingerprint density at radius 1 is 1.00 bits per heavy atom. The van der Waals surface area contributed by atoms with Gasteiger partial charge in [-0.25, -0.2) is 8.78 Å². The van der Waals surface area contributed by atoms with E-state index in [0.29, 0.717) is 22.2 Å². The minimum Gasteiger partial charge on any atom is -0.345 e. The van der Waals surface area contributed by atoms with Gasteiger partial charge in [-0.15, -0.1) is 0 Å². The lowest BCUT2D eigenvalue weighted by Gasteiger charge is -2.33. The van der Waals surface area contributed by atoms with Crippen LogP contribution in [0.4, 0.5) is 8.78 Å². The van der Waals surface area contributed by atoms with Gasteiger partial charge in [0, 0.05) is 26.2 Å². The minimum atomic E-state index is -0.457. The highest BCUT2D eigenvalue weighted by Gasteiger charge is 2.17. The summed E-state index contributed by atoms with van der Waals surface area (Å²) in [6, 6.07) is 5.53. The van der Waals surface area contributed by atoms with Crippen LogP contribution in [0.5, 0.6) is 0 Å². The van der Waals surface area contributed by atoms with Gasteiger partial charge in [-0.05, 0) is 43.5 Å². The maximum Gasteiger partial charge on any atom is 0.189 e. The van der Waals surface area contributed by atoms with Gasteiger partial charge in [0.1, 0.15) is 17.3 Å². The number of hydrogen-bond donors (Lipinski definition) is 1. The summed E-state index contributed by atoms with van der Waals surface area (Å²) in [5.41, 5.74) is 4.01. The van der Waals surface area contributed by atoms with E-state index in [1.54, 1.807) is 0 Å². The fraction of sp³-hybridized carbons (Fsp3) is 0.294. The molecule has 3 rings (SSSR count). The summed E-state index contributed by atoms with van der Waals surface area (Å²) in [7, 11) is 2.06. The van der Waals surface area contributed by atoms with Gasteiger partial charge in [-0.2, -0.15) is 5.10 Å². The van der Waals surface area contributed by atoms with Gasteiger partial charge >= 0.3 is 0 Å². The molecule has 3 heterocycles. The molecule has 1 fully saturated rings. The third-order valence-electron chi connectivity index (χ3n) is 3.99. The number of nitrogens with zero attached hydrogens (tertiary/aromatic N) is 5. The van der Waals surface area contributed by atoms with Crippen LogP contribution < -0.4 is 5.43 Å². The van der Waals surface area contributed by atoms with Crippen LogP contribution in [0, 0.1) is 11.6 Å². The van der Waals surface area contributed by atoms with Crippen LogP contribution >= 0.6 is 12.2 Å². The van der Waals surface area contributed by atoms with Crippen LogP contribution in [0.2, 0.25) is 0 Å². The minimum absolute atomic E-state index is 0.349. The molecular formula is C17H18F2N6S. The summed E-state index contributed by atoms with van der Waals surface area (Å²) in [5.74, 6) is -0.915. The zero-order valence-corrected chi connectivity index (χ0v) is 15.0. The fourth-order valence-corrected chi connectivity index (χ4v) is 2.69. The van der Waals surface area contributed by atoms with Crippen molar-refractivity contribution in [2.24, 2.45) is 5.10 Å². The lowest BCUT2D eigenvalue weighted by molar-refractivity contribution is 0.214. The second-order valence-corrected chi connectivity index (χ2v) is 6.28. The van der Waals surface area contributed by atoms with Crippen LogP contribution in [0.25, 0.3) is 0 Å². The number of thiocarbonyl (C=S) groups is 1. The summed E-state index contributed by atoms with van der Waals surface area (Å²) in [6.45, 7) is 3.43. The number of piperazine rings is 1. The number of halogens is 2. The van der Waals surface area contributed by atoms with E-state index in [0.717, 1.165) is 38.6 Å². The van der Waals surface area contributed by atoms with Gasteiger partial charge in [0.25, 0.3) is 0 Å². The van der Waals surface area contributed by atoms with Crippen molar-refractivity contribution in [2.75, 3.05) is 33.2 Å². The van der Waals surface area contributed by atoms with Crippen molar-refractivity contribution in [3.63, 3.8) is 0 Å². The van der Waals surface area contributed by atoms with Crippen molar-refractivity contribution in [3.8, 4) is 0 Å². The Hall–Kier alpha value is -2.52. The highest BCUT2D eigenvalue weighted by Crippen LogP contribution is 2.09. The van der Waals surface area contributed by atoms with E-state index in [2.05, 4.69) is 32.4 Å². The first-order valence-electron chi connectivity index (χ1n) is 8.08. The predicted molar refractivity (Wildman–Crippen MR) is 98.8 cm³/mol. The molecule has 1 aliphatic rings. The largest absolute Gasteiger partial charge is 0.345 e. The summed E-state index contributed by atoms with van der Waals surface area (Å²) >= 11 is 5.40. The number of rotatable bonds is 3. The molecule has 0 aromatic carbocycles. The third kappa shape index (κ3) is 4.55. The summed E-state index contributed by atoms with van der Waals surface area (Å²) in [4.78, 5) is 12.3. The van der Waals surface area contributed by atoms with Crippen molar-refractivity contribution >= 4 is 23.0 Å². The van der Waals surface area contributed by atoms with Gasteiger partial charge < -0.3 is 9.80 Å². The molecule has 0 unspecified atom stereocenters. The number of hydrazone groups is 1. The monoisotopic (exact) mass is 376 g/mol. The molecule has 26 heavy (non-hydrogen) atoms. The molecule has 1 saturated heterocycles. The van der Waals surface area contributed by atoms with Crippen molar-refractivity contribution in [1.29, 1.82) is 0 Å². The molecule has 2 aromatic rings. The van der Waals surface area contributed by atoms with Crippen LogP contribution in [0.15, 0.2) is 41.8 Å². The number of pyridine rings is 2. The van der Waals surface area contributed by atoms with Gasteiger partial charge in [-0.3, -0.25) is 15.4 Å². The Labute approximate surface area is 155 Å². The molecule has 0 spiro atoms. The SMILES string of the molecule is CN1CCN(C(=S)NN=C(c2ccc(F)cn2)c2ccc(F)cn2)CC1. The molecule has 0 bridgehead atoms. The topological polar surface area (TPSA) is 56.6 Å². The molecular weight excluding hydrogens is 358 g/mol. The molecule has 0 saturated carbocycles. The van der Waals surface area contributed by atoms with E-state index in [9.17, 15) is 8.78 Å². The van der Waals surface area contributed by atoms with Crippen LogP contribution in [0.1, 0.15) is 11.4 Å². The predicted octanol–water partition coefficient (Wildman–Crippen LogP) is 1.63. The summed E-state index contributed by atoms with van der Waals surface area (Å²) in [5, 5.41) is 4.80. The number of nitrogens with one attached hydrogen (secondary N) is 1. The first-order chi connectivity index (χ1) is 12.5. The molecule has 1 aliphatic heterocycles. The van der Waals surface area contributed by atoms with Gasteiger partial charge in [0.05, 0.1) is 23.8 Å². The number of likely N-dealkylation sites (N-methyl/N-ethyl adjacent to an activating group) is 1. The lowest BCUT2D eigenvalue weighted by Crippen LogP contribution is -2.49. The van der Waals surface area contributed by atoms with E-state index in [1.807, 2.05) is 4.90 Å². The first kappa shape index (κ1) is 18.3. The normalized spacial score (nSPS) is 14.8. The zero-order valence-electron chi connectivity index (χ0n) is 14.2. The molecule has 136 valence electrons. The van der Waals surface area contributed by atoms with Gasteiger partial charge in [-0.1, -0.05) is 0 Å². The fourth-order valence-electron chi connectivity index (χ4n) is 2.46. The summed E-state index contributed by atoms with van der Waals surface area (Å²) in [6.07, 6.45) is 2.18. The smallest absolute Gasteiger partial charge is 0.189 e. The van der Waals surface area contributed by atoms with Crippen LogP contribution in [-0.4, -0.2) is 63.8 Å². The maximum atomic E-state index is 13.2. The highest BCUT2D eigenvalue weighted by molar-refractivity contribution is 7.80. The second kappa shape index (κ2) is 8.24.